The van der Waals surface area contributed by atoms with Crippen molar-refractivity contribution in [2.45, 2.75) is 180 Å². The van der Waals surface area contributed by atoms with Crippen molar-refractivity contribution in [3.63, 3.8) is 0 Å². The van der Waals surface area contributed by atoms with Crippen LogP contribution in [0.2, 0.25) is 0 Å². The molecular weight excluding hydrogens is 472 g/mol. The predicted molar refractivity (Wildman–Crippen MR) is 163 cm³/mol. The average molecular weight is 535 g/mol. The lowest BCUT2D eigenvalue weighted by molar-refractivity contribution is -0.150. The molecule has 222 valence electrons. The fourth-order valence-electron chi connectivity index (χ4n) is 4.80. The van der Waals surface area contributed by atoms with Gasteiger partial charge in [0, 0.05) is 12.8 Å². The van der Waals surface area contributed by atoms with Gasteiger partial charge in [0.2, 0.25) is 0 Å². The molecule has 0 aromatic rings. The minimum absolute atomic E-state index is 0.00275. The van der Waals surface area contributed by atoms with Crippen molar-refractivity contribution >= 4 is 11.9 Å². The van der Waals surface area contributed by atoms with Gasteiger partial charge in [-0.3, -0.25) is 9.59 Å². The van der Waals surface area contributed by atoms with Crippen LogP contribution in [0.3, 0.4) is 0 Å². The number of ether oxygens (including phenoxy) is 1. The van der Waals surface area contributed by atoms with E-state index < -0.39 is 5.97 Å². The number of carboxylic acid groups (broad SMARTS) is 1. The summed E-state index contributed by atoms with van der Waals surface area (Å²) in [5.74, 6) is -0.685. The topological polar surface area (TPSA) is 63.6 Å². The monoisotopic (exact) mass is 534 g/mol. The van der Waals surface area contributed by atoms with Gasteiger partial charge in [0.15, 0.2) is 0 Å². The number of carboxylic acids is 1. The number of allylic oxidation sites excluding steroid dienone is 4. The van der Waals surface area contributed by atoms with Crippen LogP contribution >= 0.6 is 0 Å². The quantitative estimate of drug-likeness (QED) is 0.0589. The van der Waals surface area contributed by atoms with E-state index in [2.05, 4.69) is 38.2 Å². The summed E-state index contributed by atoms with van der Waals surface area (Å²) in [7, 11) is 0. The highest BCUT2D eigenvalue weighted by Crippen LogP contribution is 2.17. The Balaban J connectivity index is 3.62. The van der Waals surface area contributed by atoms with Crippen molar-refractivity contribution < 1.29 is 19.4 Å². The Morgan fingerprint density at radius 1 is 0.579 bits per heavy atom. The Labute approximate surface area is 236 Å². The molecule has 1 N–H and O–H groups in total. The van der Waals surface area contributed by atoms with Gasteiger partial charge in [-0.15, -0.1) is 0 Å². The number of rotatable bonds is 29. The lowest BCUT2D eigenvalue weighted by Gasteiger charge is -2.17. The second-order valence-electron chi connectivity index (χ2n) is 11.0. The number of carbonyl (C=O) groups excluding carboxylic acids is 1. The maximum atomic E-state index is 12.3. The third kappa shape index (κ3) is 29.0. The van der Waals surface area contributed by atoms with Gasteiger partial charge in [-0.05, 0) is 64.2 Å². The molecule has 1 atom stereocenters. The van der Waals surface area contributed by atoms with E-state index in [0.717, 1.165) is 64.2 Å². The molecule has 4 nitrogen and oxygen atoms in total. The van der Waals surface area contributed by atoms with E-state index in [1.165, 1.54) is 83.5 Å². The van der Waals surface area contributed by atoms with Crippen LogP contribution in [0.25, 0.3) is 0 Å². The van der Waals surface area contributed by atoms with Crippen LogP contribution in [0.4, 0.5) is 0 Å². The minimum atomic E-state index is -0.682. The Hall–Kier alpha value is -1.58. The maximum Gasteiger partial charge on any atom is 0.306 e. The van der Waals surface area contributed by atoms with Crippen LogP contribution in [0.1, 0.15) is 174 Å². The van der Waals surface area contributed by atoms with Gasteiger partial charge in [-0.2, -0.15) is 0 Å². The molecular formula is C34H62O4. The van der Waals surface area contributed by atoms with Gasteiger partial charge < -0.3 is 9.84 Å². The Kier molecular flexibility index (Phi) is 28.7. The summed E-state index contributed by atoms with van der Waals surface area (Å²) >= 11 is 0. The average Bonchev–Trinajstić information content (AvgIpc) is 2.89. The van der Waals surface area contributed by atoms with Crippen molar-refractivity contribution in [2.24, 2.45) is 0 Å². The van der Waals surface area contributed by atoms with Crippen LogP contribution in [0.5, 0.6) is 0 Å². The summed E-state index contributed by atoms with van der Waals surface area (Å²) in [4.78, 5) is 22.8. The lowest BCUT2D eigenvalue weighted by atomic mass is 10.0. The van der Waals surface area contributed by atoms with E-state index >= 15 is 0 Å². The molecule has 4 heteroatoms. The summed E-state index contributed by atoms with van der Waals surface area (Å²) in [5.41, 5.74) is 0. The minimum Gasteiger partial charge on any atom is -0.481 e. The summed E-state index contributed by atoms with van der Waals surface area (Å²) < 4.78 is 5.81. The predicted octanol–water partition coefficient (Wildman–Crippen LogP) is 10.9. The van der Waals surface area contributed by atoms with Crippen LogP contribution in [0, 0.1) is 0 Å². The first-order valence-corrected chi connectivity index (χ1v) is 16.3. The van der Waals surface area contributed by atoms with Gasteiger partial charge in [-0.25, -0.2) is 0 Å². The van der Waals surface area contributed by atoms with Crippen molar-refractivity contribution in [2.75, 3.05) is 0 Å². The zero-order valence-corrected chi connectivity index (χ0v) is 25.2. The molecule has 0 saturated heterocycles. The molecule has 0 aliphatic rings. The number of aliphatic carboxylic acids is 1. The molecule has 0 aliphatic heterocycles. The Bertz CT molecular complexity index is 581. The number of hydrogen-bond acceptors (Lipinski definition) is 3. The molecule has 0 bridgehead atoms. The first-order chi connectivity index (χ1) is 18.6. The molecule has 38 heavy (non-hydrogen) atoms. The molecule has 0 aliphatic carbocycles. The molecule has 0 saturated carbocycles. The van der Waals surface area contributed by atoms with Crippen LogP contribution in [-0.2, 0) is 14.3 Å². The first kappa shape index (κ1) is 36.4. The number of esters is 1. The van der Waals surface area contributed by atoms with E-state index in [-0.39, 0.29) is 12.1 Å². The lowest BCUT2D eigenvalue weighted by Crippen LogP contribution is -2.18. The third-order valence-corrected chi connectivity index (χ3v) is 7.16. The van der Waals surface area contributed by atoms with Crippen LogP contribution in [0.15, 0.2) is 24.3 Å². The van der Waals surface area contributed by atoms with Crippen LogP contribution in [-0.4, -0.2) is 23.1 Å². The highest BCUT2D eigenvalue weighted by Gasteiger charge is 2.13. The fourth-order valence-corrected chi connectivity index (χ4v) is 4.80. The highest BCUT2D eigenvalue weighted by atomic mass is 16.5. The molecule has 0 aromatic carbocycles. The summed E-state index contributed by atoms with van der Waals surface area (Å²) in [6.45, 7) is 4.41. The zero-order valence-electron chi connectivity index (χ0n) is 25.2. The zero-order chi connectivity index (χ0) is 27.9. The Morgan fingerprint density at radius 2 is 1.08 bits per heavy atom. The standard InChI is InChI=1S/C34H62O4/c1-3-5-6-7-8-9-10-11-12-13-14-18-21-24-27-31-34(37)38-32(28-4-2)29-25-22-19-16-15-17-20-23-26-30-33(35)36/h8-9,11-12,32H,3-7,10,13-31H2,1-2H3,(H,35,36)/b9-8-,12-11-. The number of unbranched alkanes of at least 4 members (excludes halogenated alkanes) is 16. The van der Waals surface area contributed by atoms with E-state index in [4.69, 9.17) is 9.84 Å². The normalized spacial score (nSPS) is 12.5. The third-order valence-electron chi connectivity index (χ3n) is 7.16. The molecule has 0 rings (SSSR count). The molecule has 1 unspecified atom stereocenters. The molecule has 0 aromatic heterocycles. The van der Waals surface area contributed by atoms with E-state index in [9.17, 15) is 9.59 Å². The SMILES string of the molecule is CCCCC/C=C\C/C=C\CCCCCCCC(=O)OC(CCC)CCCCCCCCCCCC(=O)O. The van der Waals surface area contributed by atoms with E-state index in [1.807, 2.05) is 0 Å². The van der Waals surface area contributed by atoms with Crippen molar-refractivity contribution in [1.29, 1.82) is 0 Å². The molecule has 0 radical (unpaired) electrons. The first-order valence-electron chi connectivity index (χ1n) is 16.3. The van der Waals surface area contributed by atoms with Gasteiger partial charge in [0.1, 0.15) is 6.10 Å². The fraction of sp³-hybridized carbons (Fsp3) is 0.824. The van der Waals surface area contributed by atoms with Crippen molar-refractivity contribution in [3.05, 3.63) is 24.3 Å². The molecule has 0 spiro atoms. The number of hydrogen-bond donors (Lipinski definition) is 1. The van der Waals surface area contributed by atoms with Gasteiger partial charge in [-0.1, -0.05) is 122 Å². The van der Waals surface area contributed by atoms with E-state index in [0.29, 0.717) is 12.8 Å². The summed E-state index contributed by atoms with van der Waals surface area (Å²) in [6.07, 6.45) is 36.7. The molecule has 0 amide bonds. The number of carbonyl (C=O) groups is 2. The Morgan fingerprint density at radius 3 is 1.63 bits per heavy atom. The highest BCUT2D eigenvalue weighted by molar-refractivity contribution is 5.69. The largest absolute Gasteiger partial charge is 0.481 e. The van der Waals surface area contributed by atoms with Gasteiger partial charge in [0.05, 0.1) is 0 Å². The van der Waals surface area contributed by atoms with Gasteiger partial charge in [0.25, 0.3) is 0 Å². The second kappa shape index (κ2) is 30.0. The van der Waals surface area contributed by atoms with Gasteiger partial charge >= 0.3 is 11.9 Å². The maximum absolute atomic E-state index is 12.3. The van der Waals surface area contributed by atoms with E-state index in [1.54, 1.807) is 0 Å². The molecule has 0 heterocycles. The summed E-state index contributed by atoms with van der Waals surface area (Å²) in [5, 5.41) is 8.65. The second-order valence-corrected chi connectivity index (χ2v) is 11.0. The molecule has 0 fully saturated rings. The smallest absolute Gasteiger partial charge is 0.306 e. The van der Waals surface area contributed by atoms with Crippen LogP contribution < -0.4 is 0 Å². The van der Waals surface area contributed by atoms with Crippen molar-refractivity contribution in [1.82, 2.24) is 0 Å². The summed E-state index contributed by atoms with van der Waals surface area (Å²) in [6, 6.07) is 0. The van der Waals surface area contributed by atoms with Crippen molar-refractivity contribution in [3.8, 4) is 0 Å².